The maximum Gasteiger partial charge on any atom is 0.290 e. The van der Waals surface area contributed by atoms with Gasteiger partial charge in [-0.2, -0.15) is 8.78 Å². The lowest BCUT2D eigenvalue weighted by Gasteiger charge is -2.41. The lowest BCUT2D eigenvalue weighted by atomic mass is 9.88. The SMILES string of the molecule is CC(C)CC(F)(F)c1cc2c(cn1)C(C)(C)CN2C(=O)CN1C[C@@H](C)NC[C@@H]1CN1CCCC1=O. The molecule has 0 unspecified atom stereocenters. The summed E-state index contributed by atoms with van der Waals surface area (Å²) in [4.78, 5) is 35.6. The van der Waals surface area contributed by atoms with E-state index >= 15 is 0 Å². The van der Waals surface area contributed by atoms with Gasteiger partial charge in [-0.3, -0.25) is 19.5 Å². The largest absolute Gasteiger partial charge is 0.341 e. The molecule has 0 radical (unpaired) electrons. The van der Waals surface area contributed by atoms with Crippen LogP contribution in [-0.4, -0.2) is 78.0 Å². The van der Waals surface area contributed by atoms with E-state index in [9.17, 15) is 18.4 Å². The molecule has 7 nitrogen and oxygen atoms in total. The summed E-state index contributed by atoms with van der Waals surface area (Å²) in [5.41, 5.74) is 0.717. The topological polar surface area (TPSA) is 68.8 Å². The molecule has 4 rings (SSSR count). The van der Waals surface area contributed by atoms with E-state index in [1.165, 1.54) is 12.3 Å². The van der Waals surface area contributed by atoms with Gasteiger partial charge in [0.25, 0.3) is 5.92 Å². The quantitative estimate of drug-likeness (QED) is 0.635. The summed E-state index contributed by atoms with van der Waals surface area (Å²) in [7, 11) is 0. The third kappa shape index (κ3) is 5.50. The first-order valence-electron chi connectivity index (χ1n) is 12.8. The van der Waals surface area contributed by atoms with Crippen molar-refractivity contribution in [2.75, 3.05) is 44.2 Å². The second kappa shape index (κ2) is 9.73. The van der Waals surface area contributed by atoms with Gasteiger partial charge >= 0.3 is 0 Å². The fourth-order valence-corrected chi connectivity index (χ4v) is 5.61. The van der Waals surface area contributed by atoms with Crippen molar-refractivity contribution in [2.24, 2.45) is 5.92 Å². The van der Waals surface area contributed by atoms with Crippen LogP contribution < -0.4 is 10.2 Å². The molecule has 1 N–H and O–H groups in total. The second-order valence-electron chi connectivity index (χ2n) is 11.6. The molecule has 0 saturated carbocycles. The number of nitrogens with one attached hydrogen (secondary N) is 1. The van der Waals surface area contributed by atoms with E-state index in [0.29, 0.717) is 38.3 Å². The van der Waals surface area contributed by atoms with E-state index in [2.05, 4.69) is 22.1 Å². The zero-order valence-electron chi connectivity index (χ0n) is 21.6. The Morgan fingerprint density at radius 3 is 2.74 bits per heavy atom. The molecule has 0 bridgehead atoms. The first-order valence-corrected chi connectivity index (χ1v) is 12.8. The van der Waals surface area contributed by atoms with Gasteiger partial charge in [-0.25, -0.2) is 0 Å². The number of rotatable bonds is 7. The number of hydrogen-bond donors (Lipinski definition) is 1. The fraction of sp³-hybridized carbons (Fsp3) is 0.731. The molecule has 1 aromatic rings. The first kappa shape index (κ1) is 25.9. The van der Waals surface area contributed by atoms with Gasteiger partial charge in [-0.1, -0.05) is 27.7 Å². The smallest absolute Gasteiger partial charge is 0.290 e. The number of pyridine rings is 1. The highest BCUT2D eigenvalue weighted by molar-refractivity contribution is 5.97. The van der Waals surface area contributed by atoms with Crippen molar-refractivity contribution in [1.29, 1.82) is 0 Å². The van der Waals surface area contributed by atoms with Crippen molar-refractivity contribution in [3.63, 3.8) is 0 Å². The van der Waals surface area contributed by atoms with Crippen LogP contribution in [0.3, 0.4) is 0 Å². The predicted octanol–water partition coefficient (Wildman–Crippen LogP) is 3.13. The Hall–Kier alpha value is -2.13. The summed E-state index contributed by atoms with van der Waals surface area (Å²) in [6, 6.07) is 1.68. The molecule has 4 heterocycles. The number of carbonyl (C=O) groups is 2. The molecule has 9 heteroatoms. The van der Waals surface area contributed by atoms with Crippen molar-refractivity contribution >= 4 is 17.5 Å². The standard InChI is InChI=1S/C26H39F2N5O2/c1-17(2)10-26(27,28)22-9-21-20(12-30-22)25(4,5)16-33(21)24(35)15-32-13-18(3)29-11-19(32)14-31-8-6-7-23(31)34/h9,12,17-19,29H,6-8,10-11,13-16H2,1-5H3/t18-,19-/m1/s1. The third-order valence-electron chi connectivity index (χ3n) is 7.46. The summed E-state index contributed by atoms with van der Waals surface area (Å²) >= 11 is 0. The minimum Gasteiger partial charge on any atom is -0.341 e. The summed E-state index contributed by atoms with van der Waals surface area (Å²) in [5, 5.41) is 3.47. The number of fused-ring (bicyclic) bond motifs is 1. The lowest BCUT2D eigenvalue weighted by Crippen LogP contribution is -2.60. The highest BCUT2D eigenvalue weighted by Crippen LogP contribution is 2.43. The number of piperazine rings is 1. The predicted molar refractivity (Wildman–Crippen MR) is 132 cm³/mol. The summed E-state index contributed by atoms with van der Waals surface area (Å²) in [5.74, 6) is -3.16. The number of hydrogen-bond acceptors (Lipinski definition) is 5. The minimum absolute atomic E-state index is 0.0376. The molecule has 1 aromatic heterocycles. The summed E-state index contributed by atoms with van der Waals surface area (Å²) in [6.45, 7) is 13.0. The molecule has 0 aliphatic carbocycles. The minimum atomic E-state index is -3.05. The van der Waals surface area contributed by atoms with Gasteiger partial charge in [0, 0.05) is 74.8 Å². The third-order valence-corrected chi connectivity index (χ3v) is 7.46. The second-order valence-corrected chi connectivity index (χ2v) is 11.6. The fourth-order valence-electron chi connectivity index (χ4n) is 5.61. The molecule has 2 fully saturated rings. The molecular weight excluding hydrogens is 452 g/mol. The van der Waals surface area contributed by atoms with Crippen LogP contribution in [0.25, 0.3) is 0 Å². The number of halogens is 2. The molecule has 3 aliphatic rings. The molecule has 2 saturated heterocycles. The average molecular weight is 492 g/mol. The average Bonchev–Trinajstić information content (AvgIpc) is 3.28. The van der Waals surface area contributed by atoms with Crippen LogP contribution in [0.2, 0.25) is 0 Å². The zero-order valence-corrected chi connectivity index (χ0v) is 21.6. The van der Waals surface area contributed by atoms with E-state index in [1.807, 2.05) is 18.7 Å². The van der Waals surface area contributed by atoms with Gasteiger partial charge in [-0.05, 0) is 25.3 Å². The number of amides is 2. The molecule has 2 amide bonds. The zero-order chi connectivity index (χ0) is 25.5. The van der Waals surface area contributed by atoms with Crippen molar-refractivity contribution in [2.45, 2.75) is 77.3 Å². The van der Waals surface area contributed by atoms with E-state index in [0.717, 1.165) is 18.5 Å². The Balaban J connectivity index is 1.55. The Labute approximate surface area is 207 Å². The van der Waals surface area contributed by atoms with Crippen LogP contribution in [-0.2, 0) is 20.9 Å². The Morgan fingerprint density at radius 1 is 1.34 bits per heavy atom. The van der Waals surface area contributed by atoms with Gasteiger partial charge in [0.1, 0.15) is 5.69 Å². The number of anilines is 1. The van der Waals surface area contributed by atoms with Crippen LogP contribution in [0.1, 0.15) is 65.1 Å². The van der Waals surface area contributed by atoms with Crippen molar-refractivity contribution < 1.29 is 18.4 Å². The van der Waals surface area contributed by atoms with Gasteiger partial charge in [0.15, 0.2) is 0 Å². The van der Waals surface area contributed by atoms with E-state index < -0.39 is 5.92 Å². The number of alkyl halides is 2. The normalized spacial score (nSPS) is 25.0. The molecular formula is C26H39F2N5O2. The Bertz CT molecular complexity index is 967. The van der Waals surface area contributed by atoms with Crippen LogP contribution in [0.15, 0.2) is 12.3 Å². The number of aromatic nitrogens is 1. The summed E-state index contributed by atoms with van der Waals surface area (Å²) in [6.07, 6.45) is 2.71. The van der Waals surface area contributed by atoms with Gasteiger partial charge < -0.3 is 15.1 Å². The van der Waals surface area contributed by atoms with E-state index in [1.54, 1.807) is 18.7 Å². The van der Waals surface area contributed by atoms with Crippen LogP contribution >= 0.6 is 0 Å². The van der Waals surface area contributed by atoms with Crippen molar-refractivity contribution in [3.05, 3.63) is 23.5 Å². The monoisotopic (exact) mass is 491 g/mol. The molecule has 35 heavy (non-hydrogen) atoms. The molecule has 0 spiro atoms. The number of likely N-dealkylation sites (tertiary alicyclic amines) is 1. The Kier molecular flexibility index (Phi) is 7.21. The lowest BCUT2D eigenvalue weighted by molar-refractivity contribution is -0.128. The summed E-state index contributed by atoms with van der Waals surface area (Å²) < 4.78 is 29.8. The number of carbonyl (C=O) groups excluding carboxylic acids is 2. The number of nitrogens with zero attached hydrogens (tertiary/aromatic N) is 4. The highest BCUT2D eigenvalue weighted by Gasteiger charge is 2.42. The van der Waals surface area contributed by atoms with Gasteiger partial charge in [0.2, 0.25) is 11.8 Å². The van der Waals surface area contributed by atoms with Crippen molar-refractivity contribution in [1.82, 2.24) is 20.1 Å². The van der Waals surface area contributed by atoms with Crippen LogP contribution in [0.4, 0.5) is 14.5 Å². The van der Waals surface area contributed by atoms with Gasteiger partial charge in [0.05, 0.1) is 12.2 Å². The molecule has 0 aromatic carbocycles. The maximum atomic E-state index is 14.9. The van der Waals surface area contributed by atoms with Crippen LogP contribution in [0.5, 0.6) is 0 Å². The van der Waals surface area contributed by atoms with E-state index in [4.69, 9.17) is 0 Å². The van der Waals surface area contributed by atoms with Crippen molar-refractivity contribution in [3.8, 4) is 0 Å². The molecule has 194 valence electrons. The van der Waals surface area contributed by atoms with E-state index in [-0.39, 0.29) is 53.9 Å². The Morgan fingerprint density at radius 2 is 2.09 bits per heavy atom. The molecule has 2 atom stereocenters. The highest BCUT2D eigenvalue weighted by atomic mass is 19.3. The van der Waals surface area contributed by atoms with Crippen LogP contribution in [0, 0.1) is 5.92 Å². The van der Waals surface area contributed by atoms with Gasteiger partial charge in [-0.15, -0.1) is 0 Å². The maximum absolute atomic E-state index is 14.9. The first-order chi connectivity index (χ1) is 16.4. The molecule has 3 aliphatic heterocycles.